The molecule has 0 aliphatic carbocycles. The van der Waals surface area contributed by atoms with E-state index in [1.165, 1.54) is 19.3 Å². The Morgan fingerprint density at radius 3 is 2.68 bits per heavy atom. The smallest absolute Gasteiger partial charge is 0.224 e. The summed E-state index contributed by atoms with van der Waals surface area (Å²) < 4.78 is 6.01. The van der Waals surface area contributed by atoms with Crippen molar-refractivity contribution < 1.29 is 9.53 Å². The summed E-state index contributed by atoms with van der Waals surface area (Å²) in [5.41, 5.74) is 0.762. The number of benzene rings is 1. The van der Waals surface area contributed by atoms with Crippen molar-refractivity contribution >= 4 is 27.5 Å². The first kappa shape index (κ1) is 16.0. The summed E-state index contributed by atoms with van der Waals surface area (Å²) in [5, 5.41) is 2.91. The fourth-order valence-electron chi connectivity index (χ4n) is 1.83. The number of amides is 1. The normalized spacial score (nSPS) is 10.3. The fourth-order valence-corrected chi connectivity index (χ4v) is 2.17. The molecule has 0 aliphatic rings. The van der Waals surface area contributed by atoms with Crippen LogP contribution in [0.15, 0.2) is 22.7 Å². The largest absolute Gasteiger partial charge is 0.497 e. The van der Waals surface area contributed by atoms with Crippen LogP contribution in [0.5, 0.6) is 5.75 Å². The molecule has 0 atom stereocenters. The molecule has 0 unspecified atom stereocenters. The van der Waals surface area contributed by atoms with Crippen molar-refractivity contribution in [1.29, 1.82) is 0 Å². The summed E-state index contributed by atoms with van der Waals surface area (Å²) in [6, 6.07) is 5.54. The van der Waals surface area contributed by atoms with Crippen LogP contribution in [0, 0.1) is 0 Å². The topological polar surface area (TPSA) is 38.3 Å². The van der Waals surface area contributed by atoms with Gasteiger partial charge in [0.15, 0.2) is 0 Å². The van der Waals surface area contributed by atoms with Crippen LogP contribution >= 0.6 is 15.9 Å². The standard InChI is InChI=1S/C15H22BrNO2/c1-3-4-5-6-7-8-15(18)17-14-11-12(19-2)9-10-13(14)16/h9-11H,3-8H2,1-2H3,(H,17,18). The number of carbonyl (C=O) groups is 1. The van der Waals surface area contributed by atoms with Crippen LogP contribution in [-0.2, 0) is 4.79 Å². The molecule has 0 aliphatic heterocycles. The van der Waals surface area contributed by atoms with Crippen molar-refractivity contribution in [3.63, 3.8) is 0 Å². The third kappa shape index (κ3) is 6.10. The molecule has 1 N–H and O–H groups in total. The molecule has 3 nitrogen and oxygen atoms in total. The molecule has 19 heavy (non-hydrogen) atoms. The summed E-state index contributed by atoms with van der Waals surface area (Å²) in [4.78, 5) is 11.8. The monoisotopic (exact) mass is 327 g/mol. The quantitative estimate of drug-likeness (QED) is 0.699. The lowest BCUT2D eigenvalue weighted by Gasteiger charge is -2.09. The predicted octanol–water partition coefficient (Wildman–Crippen LogP) is 4.76. The summed E-state index contributed by atoms with van der Waals surface area (Å²) in [6.07, 6.45) is 6.35. The minimum atomic E-state index is 0.0606. The second-order valence-corrected chi connectivity index (χ2v) is 5.41. The Balaban J connectivity index is 2.39. The van der Waals surface area contributed by atoms with E-state index in [9.17, 15) is 4.79 Å². The summed E-state index contributed by atoms with van der Waals surface area (Å²) in [5.74, 6) is 0.798. The number of halogens is 1. The average Bonchev–Trinajstić information content (AvgIpc) is 2.41. The lowest BCUT2D eigenvalue weighted by atomic mass is 10.1. The molecule has 0 radical (unpaired) electrons. The van der Waals surface area contributed by atoms with Gasteiger partial charge >= 0.3 is 0 Å². The third-order valence-corrected chi connectivity index (χ3v) is 3.65. The molecular formula is C15H22BrNO2. The first-order valence-electron chi connectivity index (χ1n) is 6.80. The predicted molar refractivity (Wildman–Crippen MR) is 82.7 cm³/mol. The van der Waals surface area contributed by atoms with Crippen LogP contribution in [0.1, 0.15) is 45.4 Å². The Morgan fingerprint density at radius 2 is 2.00 bits per heavy atom. The molecule has 0 aromatic heterocycles. The van der Waals surface area contributed by atoms with Gasteiger partial charge < -0.3 is 10.1 Å². The van der Waals surface area contributed by atoms with E-state index >= 15 is 0 Å². The van der Waals surface area contributed by atoms with Crippen LogP contribution in [0.4, 0.5) is 5.69 Å². The molecule has 0 bridgehead atoms. The zero-order chi connectivity index (χ0) is 14.1. The molecule has 0 saturated heterocycles. The van der Waals surface area contributed by atoms with Gasteiger partial charge in [-0.1, -0.05) is 32.6 Å². The SMILES string of the molecule is CCCCCCCC(=O)Nc1cc(OC)ccc1Br. The van der Waals surface area contributed by atoms with Crippen molar-refractivity contribution in [2.24, 2.45) is 0 Å². The van der Waals surface area contributed by atoms with Gasteiger partial charge in [0.05, 0.1) is 12.8 Å². The number of hydrogen-bond acceptors (Lipinski definition) is 2. The lowest BCUT2D eigenvalue weighted by Crippen LogP contribution is -2.11. The van der Waals surface area contributed by atoms with Crippen molar-refractivity contribution in [3.8, 4) is 5.75 Å². The van der Waals surface area contributed by atoms with Crippen LogP contribution in [0.2, 0.25) is 0 Å². The van der Waals surface area contributed by atoms with Crippen LogP contribution in [-0.4, -0.2) is 13.0 Å². The summed E-state index contributed by atoms with van der Waals surface area (Å²) in [7, 11) is 1.61. The van der Waals surface area contributed by atoms with Crippen LogP contribution < -0.4 is 10.1 Å². The van der Waals surface area contributed by atoms with E-state index in [1.54, 1.807) is 7.11 Å². The Morgan fingerprint density at radius 1 is 1.26 bits per heavy atom. The van der Waals surface area contributed by atoms with E-state index in [2.05, 4.69) is 28.2 Å². The first-order chi connectivity index (χ1) is 9.17. The van der Waals surface area contributed by atoms with Crippen molar-refractivity contribution in [2.75, 3.05) is 12.4 Å². The molecule has 1 rings (SSSR count). The van der Waals surface area contributed by atoms with Gasteiger partial charge in [0.25, 0.3) is 0 Å². The number of rotatable bonds is 8. The Bertz CT molecular complexity index is 407. The Hall–Kier alpha value is -1.03. The maximum atomic E-state index is 11.8. The zero-order valence-electron chi connectivity index (χ0n) is 11.7. The molecule has 1 aromatic rings. The fraction of sp³-hybridized carbons (Fsp3) is 0.533. The van der Waals surface area contributed by atoms with E-state index in [0.717, 1.165) is 28.8 Å². The maximum absolute atomic E-state index is 11.8. The van der Waals surface area contributed by atoms with E-state index in [-0.39, 0.29) is 5.91 Å². The molecule has 0 fully saturated rings. The summed E-state index contributed by atoms with van der Waals surface area (Å²) >= 11 is 3.42. The molecular weight excluding hydrogens is 306 g/mol. The molecule has 1 amide bonds. The van der Waals surface area contributed by atoms with E-state index in [4.69, 9.17) is 4.74 Å². The minimum Gasteiger partial charge on any atom is -0.497 e. The van der Waals surface area contributed by atoms with E-state index in [0.29, 0.717) is 6.42 Å². The van der Waals surface area contributed by atoms with Gasteiger partial charge in [0.1, 0.15) is 5.75 Å². The molecule has 0 heterocycles. The van der Waals surface area contributed by atoms with Gasteiger partial charge in [-0.3, -0.25) is 4.79 Å². The molecule has 0 saturated carbocycles. The number of carbonyl (C=O) groups excluding carboxylic acids is 1. The highest BCUT2D eigenvalue weighted by Gasteiger charge is 2.06. The average molecular weight is 328 g/mol. The zero-order valence-corrected chi connectivity index (χ0v) is 13.3. The molecule has 4 heteroatoms. The van der Waals surface area contributed by atoms with Gasteiger partial charge in [-0.2, -0.15) is 0 Å². The second kappa shape index (κ2) is 8.97. The number of unbranched alkanes of at least 4 members (excludes halogenated alkanes) is 4. The number of hydrogen-bond donors (Lipinski definition) is 1. The van der Waals surface area contributed by atoms with E-state index in [1.807, 2.05) is 18.2 Å². The van der Waals surface area contributed by atoms with Crippen molar-refractivity contribution in [1.82, 2.24) is 0 Å². The van der Waals surface area contributed by atoms with Gasteiger partial charge in [0, 0.05) is 17.0 Å². The number of methoxy groups -OCH3 is 1. The highest BCUT2D eigenvalue weighted by molar-refractivity contribution is 9.10. The second-order valence-electron chi connectivity index (χ2n) is 4.56. The highest BCUT2D eigenvalue weighted by atomic mass is 79.9. The van der Waals surface area contributed by atoms with Crippen LogP contribution in [0.3, 0.4) is 0 Å². The van der Waals surface area contributed by atoms with Crippen LogP contribution in [0.25, 0.3) is 0 Å². The number of anilines is 1. The maximum Gasteiger partial charge on any atom is 0.224 e. The number of nitrogens with one attached hydrogen (secondary N) is 1. The van der Waals surface area contributed by atoms with E-state index < -0.39 is 0 Å². The number of ether oxygens (including phenoxy) is 1. The Labute approximate surface area is 123 Å². The first-order valence-corrected chi connectivity index (χ1v) is 7.60. The van der Waals surface area contributed by atoms with Crippen molar-refractivity contribution in [3.05, 3.63) is 22.7 Å². The van der Waals surface area contributed by atoms with Crippen molar-refractivity contribution in [2.45, 2.75) is 45.4 Å². The third-order valence-electron chi connectivity index (χ3n) is 2.96. The van der Waals surface area contributed by atoms with Gasteiger partial charge in [-0.05, 0) is 34.5 Å². The highest BCUT2D eigenvalue weighted by Crippen LogP contribution is 2.27. The molecule has 0 spiro atoms. The van der Waals surface area contributed by atoms with Gasteiger partial charge in [-0.25, -0.2) is 0 Å². The van der Waals surface area contributed by atoms with Gasteiger partial charge in [-0.15, -0.1) is 0 Å². The molecule has 106 valence electrons. The minimum absolute atomic E-state index is 0.0606. The lowest BCUT2D eigenvalue weighted by molar-refractivity contribution is -0.116. The van der Waals surface area contributed by atoms with Gasteiger partial charge in [0.2, 0.25) is 5.91 Å². The Kier molecular flexibility index (Phi) is 7.56. The molecule has 1 aromatic carbocycles. The summed E-state index contributed by atoms with van der Waals surface area (Å²) in [6.45, 7) is 2.19.